The van der Waals surface area contributed by atoms with Crippen molar-refractivity contribution in [1.82, 2.24) is 9.88 Å². The summed E-state index contributed by atoms with van der Waals surface area (Å²) < 4.78 is 5.74. The number of pyridine rings is 1. The summed E-state index contributed by atoms with van der Waals surface area (Å²) in [6.45, 7) is 4.73. The number of benzene rings is 2. The fourth-order valence-corrected chi connectivity index (χ4v) is 3.41. The number of ether oxygens (including phenoxy) is 1. The van der Waals surface area contributed by atoms with Crippen LogP contribution in [0.4, 0.5) is 5.69 Å². The predicted molar refractivity (Wildman–Crippen MR) is 107 cm³/mol. The van der Waals surface area contributed by atoms with Crippen molar-refractivity contribution < 1.29 is 9.53 Å². The molecular weight excluding hydrogens is 338 g/mol. The van der Waals surface area contributed by atoms with Gasteiger partial charge in [0.1, 0.15) is 6.10 Å². The number of fused-ring (bicyclic) bond motifs is 1. The molecule has 1 N–H and O–H groups in total. The summed E-state index contributed by atoms with van der Waals surface area (Å²) in [6.07, 6.45) is -0.484. The Morgan fingerprint density at radius 1 is 1.15 bits per heavy atom. The third-order valence-corrected chi connectivity index (χ3v) is 4.81. The Morgan fingerprint density at radius 2 is 2.00 bits per heavy atom. The number of hydrogen-bond acceptors (Lipinski definition) is 4. The molecule has 0 bridgehead atoms. The standard InChI is InChI=1S/C22H23N3O2/c1-16-10-11-18-8-5-9-19(21(18)23-16)24-22(26)20-15-25(12-13-27-20)14-17-6-3-2-4-7-17/h2-11,20H,12-15H2,1H3,(H,24,26). The molecule has 1 aromatic heterocycles. The number of rotatable bonds is 4. The molecule has 3 aromatic rings. The average molecular weight is 361 g/mol. The van der Waals surface area contributed by atoms with Gasteiger partial charge >= 0.3 is 0 Å². The van der Waals surface area contributed by atoms with Gasteiger partial charge in [-0.05, 0) is 24.6 Å². The minimum absolute atomic E-state index is 0.122. The second-order valence-corrected chi connectivity index (χ2v) is 6.90. The van der Waals surface area contributed by atoms with E-state index in [2.05, 4.69) is 27.3 Å². The van der Waals surface area contributed by atoms with Gasteiger partial charge in [-0.3, -0.25) is 14.7 Å². The van der Waals surface area contributed by atoms with E-state index in [0.29, 0.717) is 13.2 Å². The third kappa shape index (κ3) is 4.15. The molecule has 0 saturated carbocycles. The Hall–Kier alpha value is -2.76. The smallest absolute Gasteiger partial charge is 0.254 e. The number of carbonyl (C=O) groups excluding carboxylic acids is 1. The van der Waals surface area contributed by atoms with Crippen molar-refractivity contribution >= 4 is 22.5 Å². The second-order valence-electron chi connectivity index (χ2n) is 6.90. The van der Waals surface area contributed by atoms with Gasteiger partial charge in [0.2, 0.25) is 0 Å². The van der Waals surface area contributed by atoms with E-state index in [1.165, 1.54) is 5.56 Å². The van der Waals surface area contributed by atoms with Gasteiger partial charge in [0.15, 0.2) is 0 Å². The van der Waals surface area contributed by atoms with Crippen molar-refractivity contribution in [2.24, 2.45) is 0 Å². The number of nitrogens with one attached hydrogen (secondary N) is 1. The van der Waals surface area contributed by atoms with E-state index in [0.717, 1.165) is 35.4 Å². The maximum Gasteiger partial charge on any atom is 0.254 e. The average Bonchev–Trinajstić information content (AvgIpc) is 2.69. The van der Waals surface area contributed by atoms with Crippen molar-refractivity contribution in [1.29, 1.82) is 0 Å². The number of aryl methyl sites for hydroxylation is 1. The van der Waals surface area contributed by atoms with Crippen LogP contribution < -0.4 is 5.32 Å². The third-order valence-electron chi connectivity index (χ3n) is 4.81. The first-order valence-corrected chi connectivity index (χ1v) is 9.24. The monoisotopic (exact) mass is 361 g/mol. The summed E-state index contributed by atoms with van der Waals surface area (Å²) >= 11 is 0. The van der Waals surface area contributed by atoms with Crippen molar-refractivity contribution in [3.63, 3.8) is 0 Å². The maximum atomic E-state index is 12.8. The van der Waals surface area contributed by atoms with Crippen molar-refractivity contribution in [2.75, 3.05) is 25.0 Å². The summed E-state index contributed by atoms with van der Waals surface area (Å²) in [5.74, 6) is -0.122. The molecule has 4 rings (SSSR count). The lowest BCUT2D eigenvalue weighted by Crippen LogP contribution is -2.47. The minimum Gasteiger partial charge on any atom is -0.366 e. The zero-order chi connectivity index (χ0) is 18.6. The molecule has 1 aliphatic rings. The first kappa shape index (κ1) is 17.6. The molecule has 1 aliphatic heterocycles. The van der Waals surface area contributed by atoms with Gasteiger partial charge in [-0.25, -0.2) is 0 Å². The molecule has 0 aliphatic carbocycles. The number of hydrogen-bond donors (Lipinski definition) is 1. The normalized spacial score (nSPS) is 17.7. The minimum atomic E-state index is -0.484. The summed E-state index contributed by atoms with van der Waals surface area (Å²) in [4.78, 5) is 19.6. The number of anilines is 1. The molecule has 138 valence electrons. The van der Waals surface area contributed by atoms with E-state index >= 15 is 0 Å². The zero-order valence-corrected chi connectivity index (χ0v) is 15.4. The second kappa shape index (κ2) is 7.86. The van der Waals surface area contributed by atoms with E-state index in [9.17, 15) is 4.79 Å². The molecule has 2 heterocycles. The highest BCUT2D eigenvalue weighted by Gasteiger charge is 2.27. The van der Waals surface area contributed by atoms with Crippen LogP contribution in [-0.4, -0.2) is 41.6 Å². The lowest BCUT2D eigenvalue weighted by Gasteiger charge is -2.32. The largest absolute Gasteiger partial charge is 0.366 e. The fourth-order valence-electron chi connectivity index (χ4n) is 3.41. The number of aromatic nitrogens is 1. The van der Waals surface area contributed by atoms with Crippen LogP contribution in [0.3, 0.4) is 0 Å². The Bertz CT molecular complexity index is 943. The molecule has 1 fully saturated rings. The van der Waals surface area contributed by atoms with Crippen LogP contribution >= 0.6 is 0 Å². The zero-order valence-electron chi connectivity index (χ0n) is 15.4. The van der Waals surface area contributed by atoms with Crippen LogP contribution in [0.5, 0.6) is 0 Å². The molecular formula is C22H23N3O2. The number of para-hydroxylation sites is 1. The molecule has 0 radical (unpaired) electrons. The Balaban J connectivity index is 1.46. The highest BCUT2D eigenvalue weighted by atomic mass is 16.5. The Labute approximate surface area is 159 Å². The molecule has 1 saturated heterocycles. The van der Waals surface area contributed by atoms with E-state index in [-0.39, 0.29) is 5.91 Å². The first-order chi connectivity index (χ1) is 13.2. The van der Waals surface area contributed by atoms with Crippen molar-refractivity contribution in [3.05, 3.63) is 71.9 Å². The van der Waals surface area contributed by atoms with Crippen LogP contribution in [-0.2, 0) is 16.1 Å². The lowest BCUT2D eigenvalue weighted by atomic mass is 10.1. The molecule has 5 nitrogen and oxygen atoms in total. The van der Waals surface area contributed by atoms with Crippen LogP contribution in [0.25, 0.3) is 10.9 Å². The van der Waals surface area contributed by atoms with Crippen LogP contribution in [0, 0.1) is 6.92 Å². The lowest BCUT2D eigenvalue weighted by molar-refractivity contribution is -0.133. The number of carbonyl (C=O) groups is 1. The highest BCUT2D eigenvalue weighted by molar-refractivity contribution is 6.02. The fraction of sp³-hybridized carbons (Fsp3) is 0.273. The predicted octanol–water partition coefficient (Wildman–Crippen LogP) is 3.38. The molecule has 1 atom stereocenters. The van der Waals surface area contributed by atoms with Crippen LogP contribution in [0.1, 0.15) is 11.3 Å². The van der Waals surface area contributed by atoms with Gasteiger partial charge in [0, 0.05) is 30.7 Å². The molecule has 0 spiro atoms. The van der Waals surface area contributed by atoms with Gasteiger partial charge in [0.05, 0.1) is 17.8 Å². The van der Waals surface area contributed by atoms with Crippen LogP contribution in [0.2, 0.25) is 0 Å². The Kier molecular flexibility index (Phi) is 5.14. The van der Waals surface area contributed by atoms with Gasteiger partial charge in [-0.15, -0.1) is 0 Å². The molecule has 5 heteroatoms. The summed E-state index contributed by atoms with van der Waals surface area (Å²) in [5, 5.41) is 4.02. The first-order valence-electron chi connectivity index (χ1n) is 9.24. The van der Waals surface area contributed by atoms with Crippen molar-refractivity contribution in [2.45, 2.75) is 19.6 Å². The van der Waals surface area contributed by atoms with Gasteiger partial charge in [-0.2, -0.15) is 0 Å². The molecule has 1 amide bonds. The van der Waals surface area contributed by atoms with E-state index in [1.807, 2.05) is 55.5 Å². The van der Waals surface area contributed by atoms with Gasteiger partial charge in [0.25, 0.3) is 5.91 Å². The summed E-state index contributed by atoms with van der Waals surface area (Å²) in [7, 11) is 0. The topological polar surface area (TPSA) is 54.5 Å². The molecule has 2 aromatic carbocycles. The van der Waals surface area contributed by atoms with Gasteiger partial charge < -0.3 is 10.1 Å². The van der Waals surface area contributed by atoms with E-state index < -0.39 is 6.10 Å². The quantitative estimate of drug-likeness (QED) is 0.774. The molecule has 1 unspecified atom stereocenters. The Morgan fingerprint density at radius 3 is 2.85 bits per heavy atom. The van der Waals surface area contributed by atoms with Crippen molar-refractivity contribution in [3.8, 4) is 0 Å². The number of nitrogens with zero attached hydrogens (tertiary/aromatic N) is 2. The van der Waals surface area contributed by atoms with Gasteiger partial charge in [-0.1, -0.05) is 48.5 Å². The SMILES string of the molecule is Cc1ccc2cccc(NC(=O)C3CN(Cc4ccccc4)CCO3)c2n1. The maximum absolute atomic E-state index is 12.8. The molecule has 27 heavy (non-hydrogen) atoms. The van der Waals surface area contributed by atoms with E-state index in [1.54, 1.807) is 0 Å². The number of amides is 1. The summed E-state index contributed by atoms with van der Waals surface area (Å²) in [6, 6.07) is 20.1. The highest BCUT2D eigenvalue weighted by Crippen LogP contribution is 2.22. The van der Waals surface area contributed by atoms with Crippen LogP contribution in [0.15, 0.2) is 60.7 Å². The summed E-state index contributed by atoms with van der Waals surface area (Å²) in [5.41, 5.74) is 3.70. The number of morpholine rings is 1. The van der Waals surface area contributed by atoms with E-state index in [4.69, 9.17) is 4.74 Å².